The first-order chi connectivity index (χ1) is 9.45. The second-order valence-corrected chi connectivity index (χ2v) is 5.34. The minimum absolute atomic E-state index is 0. The molecule has 1 N–H and O–H groups in total. The normalized spacial score (nSPS) is 11.0. The average molecular weight is 381 g/mol. The average Bonchev–Trinajstić information content (AvgIpc) is 2.41. The van der Waals surface area contributed by atoms with E-state index < -0.39 is 11.7 Å². The van der Waals surface area contributed by atoms with E-state index in [1.165, 1.54) is 12.1 Å². The first kappa shape index (κ1) is 18.0. The van der Waals surface area contributed by atoms with Gasteiger partial charge >= 0.3 is 6.18 Å². The minimum atomic E-state index is -4.27. The molecule has 6 heteroatoms. The number of nitrogens with one attached hydrogen (secondary N) is 1. The van der Waals surface area contributed by atoms with Crippen LogP contribution in [0.4, 0.5) is 13.2 Å². The maximum atomic E-state index is 12.4. The Labute approximate surface area is 136 Å². The van der Waals surface area contributed by atoms with E-state index in [1.54, 1.807) is 0 Å². The van der Waals surface area contributed by atoms with Crippen LogP contribution >= 0.6 is 28.3 Å². The SMILES string of the molecule is Cl.FC(F)(F)c1ccc(CNCc2ccc(Br)cc2)cc1. The fourth-order valence-electron chi connectivity index (χ4n) is 1.77. The topological polar surface area (TPSA) is 12.0 Å². The van der Waals surface area contributed by atoms with E-state index in [0.29, 0.717) is 13.1 Å². The standard InChI is InChI=1S/C15H13BrF3N.ClH/c16-14-7-3-12(4-8-14)10-20-9-11-1-5-13(6-2-11)15(17,18)19;/h1-8,20H,9-10H2;1H. The lowest BCUT2D eigenvalue weighted by Gasteiger charge is -2.08. The lowest BCUT2D eigenvalue weighted by Crippen LogP contribution is -2.13. The Hall–Kier alpha value is -1.04. The first-order valence-corrected chi connectivity index (χ1v) is 6.86. The van der Waals surface area contributed by atoms with Gasteiger partial charge in [0.05, 0.1) is 5.56 Å². The highest BCUT2D eigenvalue weighted by atomic mass is 79.9. The van der Waals surface area contributed by atoms with Crippen molar-refractivity contribution < 1.29 is 13.2 Å². The molecule has 2 aromatic rings. The molecule has 21 heavy (non-hydrogen) atoms. The van der Waals surface area contributed by atoms with Crippen molar-refractivity contribution in [2.75, 3.05) is 0 Å². The molecule has 0 atom stereocenters. The number of alkyl halides is 3. The first-order valence-electron chi connectivity index (χ1n) is 6.06. The van der Waals surface area contributed by atoms with Crippen LogP contribution < -0.4 is 5.32 Å². The molecule has 0 aliphatic rings. The van der Waals surface area contributed by atoms with Crippen molar-refractivity contribution in [3.05, 3.63) is 69.7 Å². The second kappa shape index (κ2) is 7.82. The highest BCUT2D eigenvalue weighted by Gasteiger charge is 2.29. The Morgan fingerprint density at radius 3 is 1.67 bits per heavy atom. The molecule has 0 bridgehead atoms. The summed E-state index contributed by atoms with van der Waals surface area (Å²) in [5, 5.41) is 3.20. The fourth-order valence-corrected chi connectivity index (χ4v) is 2.03. The third kappa shape index (κ3) is 5.69. The molecule has 0 unspecified atom stereocenters. The predicted octanol–water partition coefficient (Wildman–Crippen LogP) is 5.18. The van der Waals surface area contributed by atoms with Crippen molar-refractivity contribution in [2.24, 2.45) is 0 Å². The van der Waals surface area contributed by atoms with Crippen molar-refractivity contribution in [3.8, 4) is 0 Å². The zero-order valence-corrected chi connectivity index (χ0v) is 13.4. The zero-order chi connectivity index (χ0) is 14.6. The van der Waals surface area contributed by atoms with Gasteiger partial charge in [0.15, 0.2) is 0 Å². The van der Waals surface area contributed by atoms with Gasteiger partial charge < -0.3 is 5.32 Å². The van der Waals surface area contributed by atoms with E-state index in [2.05, 4.69) is 21.2 Å². The van der Waals surface area contributed by atoms with E-state index in [1.807, 2.05) is 24.3 Å². The molecule has 2 rings (SSSR count). The molecule has 0 saturated heterocycles. The van der Waals surface area contributed by atoms with Gasteiger partial charge in [-0.2, -0.15) is 13.2 Å². The molecule has 0 heterocycles. The van der Waals surface area contributed by atoms with Crippen LogP contribution in [-0.4, -0.2) is 0 Å². The molecule has 0 saturated carbocycles. The summed E-state index contributed by atoms with van der Waals surface area (Å²) in [4.78, 5) is 0. The van der Waals surface area contributed by atoms with Crippen molar-refractivity contribution in [3.63, 3.8) is 0 Å². The number of rotatable bonds is 4. The molecule has 0 aliphatic carbocycles. The van der Waals surface area contributed by atoms with Crippen LogP contribution in [0.5, 0.6) is 0 Å². The number of halogens is 5. The maximum Gasteiger partial charge on any atom is 0.416 e. The smallest absolute Gasteiger partial charge is 0.309 e. The van der Waals surface area contributed by atoms with Gasteiger partial charge in [-0.25, -0.2) is 0 Å². The molecule has 0 aromatic heterocycles. The second-order valence-electron chi connectivity index (χ2n) is 4.42. The Kier molecular flexibility index (Phi) is 6.71. The third-order valence-corrected chi connectivity index (χ3v) is 3.38. The predicted molar refractivity (Wildman–Crippen MR) is 83.4 cm³/mol. The van der Waals surface area contributed by atoms with Crippen LogP contribution in [0.25, 0.3) is 0 Å². The van der Waals surface area contributed by atoms with Gasteiger partial charge in [-0.05, 0) is 35.4 Å². The minimum Gasteiger partial charge on any atom is -0.309 e. The molecule has 114 valence electrons. The highest BCUT2D eigenvalue weighted by molar-refractivity contribution is 9.10. The van der Waals surface area contributed by atoms with Crippen LogP contribution in [0.15, 0.2) is 53.0 Å². The van der Waals surface area contributed by atoms with Crippen LogP contribution in [0, 0.1) is 0 Å². The molecule has 0 amide bonds. The van der Waals surface area contributed by atoms with E-state index >= 15 is 0 Å². The largest absolute Gasteiger partial charge is 0.416 e. The quantitative estimate of drug-likeness (QED) is 0.771. The maximum absolute atomic E-state index is 12.4. The number of benzene rings is 2. The summed E-state index contributed by atoms with van der Waals surface area (Å²) >= 11 is 3.36. The van der Waals surface area contributed by atoms with Gasteiger partial charge in [0.25, 0.3) is 0 Å². The lowest BCUT2D eigenvalue weighted by molar-refractivity contribution is -0.137. The lowest BCUT2D eigenvalue weighted by atomic mass is 10.1. The van der Waals surface area contributed by atoms with Crippen molar-refractivity contribution in [2.45, 2.75) is 19.3 Å². The van der Waals surface area contributed by atoms with Crippen molar-refractivity contribution in [1.82, 2.24) is 5.32 Å². The van der Waals surface area contributed by atoms with E-state index in [9.17, 15) is 13.2 Å². The van der Waals surface area contributed by atoms with Gasteiger partial charge in [0.2, 0.25) is 0 Å². The number of hydrogen-bond donors (Lipinski definition) is 1. The van der Waals surface area contributed by atoms with Gasteiger partial charge in [-0.1, -0.05) is 40.2 Å². The Morgan fingerprint density at radius 2 is 1.24 bits per heavy atom. The van der Waals surface area contributed by atoms with E-state index in [0.717, 1.165) is 27.7 Å². The summed E-state index contributed by atoms with van der Waals surface area (Å²) in [5.41, 5.74) is 1.34. The summed E-state index contributed by atoms with van der Waals surface area (Å²) in [6, 6.07) is 13.1. The van der Waals surface area contributed by atoms with Gasteiger partial charge in [-0.3, -0.25) is 0 Å². The number of hydrogen-bond acceptors (Lipinski definition) is 1. The van der Waals surface area contributed by atoms with Crippen molar-refractivity contribution >= 4 is 28.3 Å². The van der Waals surface area contributed by atoms with Crippen LogP contribution in [-0.2, 0) is 19.3 Å². The van der Waals surface area contributed by atoms with Crippen LogP contribution in [0.1, 0.15) is 16.7 Å². The molecule has 1 nitrogen and oxygen atoms in total. The van der Waals surface area contributed by atoms with E-state index in [4.69, 9.17) is 0 Å². The Morgan fingerprint density at radius 1 is 0.810 bits per heavy atom. The highest BCUT2D eigenvalue weighted by Crippen LogP contribution is 2.29. The summed E-state index contributed by atoms with van der Waals surface area (Å²) < 4.78 is 38.2. The van der Waals surface area contributed by atoms with Gasteiger partial charge in [-0.15, -0.1) is 12.4 Å². The molecule has 0 spiro atoms. The molecular formula is C15H14BrClF3N. The van der Waals surface area contributed by atoms with Crippen LogP contribution in [0.3, 0.4) is 0 Å². The Bertz CT molecular complexity index is 553. The van der Waals surface area contributed by atoms with Gasteiger partial charge in [0, 0.05) is 17.6 Å². The van der Waals surface area contributed by atoms with Gasteiger partial charge in [0.1, 0.15) is 0 Å². The zero-order valence-electron chi connectivity index (χ0n) is 11.0. The van der Waals surface area contributed by atoms with Crippen molar-refractivity contribution in [1.29, 1.82) is 0 Å². The molecule has 0 fully saturated rings. The summed E-state index contributed by atoms with van der Waals surface area (Å²) in [6.07, 6.45) is -4.27. The third-order valence-electron chi connectivity index (χ3n) is 2.85. The Balaban J connectivity index is 0.00000220. The summed E-state index contributed by atoms with van der Waals surface area (Å²) in [7, 11) is 0. The van der Waals surface area contributed by atoms with Crippen LogP contribution in [0.2, 0.25) is 0 Å². The molecule has 2 aromatic carbocycles. The molecule has 0 aliphatic heterocycles. The summed E-state index contributed by atoms with van der Waals surface area (Å²) in [5.74, 6) is 0. The fraction of sp³-hybridized carbons (Fsp3) is 0.200. The monoisotopic (exact) mass is 379 g/mol. The molecule has 0 radical (unpaired) electrons. The molecular weight excluding hydrogens is 367 g/mol. The van der Waals surface area contributed by atoms with E-state index in [-0.39, 0.29) is 12.4 Å². The summed E-state index contributed by atoms with van der Waals surface area (Å²) in [6.45, 7) is 1.21.